The lowest BCUT2D eigenvalue weighted by molar-refractivity contribution is 0.195. The van der Waals surface area contributed by atoms with Gasteiger partial charge in [0.25, 0.3) is 0 Å². The lowest BCUT2D eigenvalue weighted by Gasteiger charge is -2.33. The largest absolute Gasteiger partial charge is 0.329 e. The van der Waals surface area contributed by atoms with E-state index in [9.17, 15) is 0 Å². The molecule has 3 nitrogen and oxygen atoms in total. The van der Waals surface area contributed by atoms with Crippen molar-refractivity contribution < 1.29 is 0 Å². The fraction of sp³-hybridized carbons (Fsp3) is 0.500. The molecule has 1 aromatic rings. The van der Waals surface area contributed by atoms with Crippen LogP contribution in [0.5, 0.6) is 0 Å². The van der Waals surface area contributed by atoms with Crippen LogP contribution in [-0.2, 0) is 6.54 Å². The normalized spacial score (nSPS) is 22.9. The number of nitrogens with two attached hydrogens (primary N) is 1. The van der Waals surface area contributed by atoms with Crippen LogP contribution in [-0.4, -0.2) is 37.1 Å². The quantitative estimate of drug-likeness (QED) is 0.751. The zero-order valence-corrected chi connectivity index (χ0v) is 9.02. The highest BCUT2D eigenvalue weighted by Gasteiger charge is 2.17. The van der Waals surface area contributed by atoms with Crippen molar-refractivity contribution in [3.63, 3.8) is 0 Å². The summed E-state index contributed by atoms with van der Waals surface area (Å²) in [7, 11) is 0. The van der Waals surface area contributed by atoms with Crippen LogP contribution in [0, 0.1) is 0 Å². The second-order valence-corrected chi connectivity index (χ2v) is 4.11. The van der Waals surface area contributed by atoms with Gasteiger partial charge in [-0.15, -0.1) is 0 Å². The number of nitrogens with one attached hydrogen (secondary N) is 1. The van der Waals surface area contributed by atoms with Crippen LogP contribution in [0.4, 0.5) is 0 Å². The molecule has 0 amide bonds. The molecule has 0 saturated carbocycles. The van der Waals surface area contributed by atoms with E-state index in [2.05, 4.69) is 40.5 Å². The standard InChI is InChI=1S/C12H19N3/c13-8-12-10-15(7-6-14-12)9-11-4-2-1-3-5-11/h1-5,12,14H,6-10,13H2. The summed E-state index contributed by atoms with van der Waals surface area (Å²) in [5, 5.41) is 3.42. The minimum Gasteiger partial charge on any atom is -0.329 e. The van der Waals surface area contributed by atoms with Crippen molar-refractivity contribution in [3.05, 3.63) is 35.9 Å². The number of hydrogen-bond acceptors (Lipinski definition) is 3. The molecule has 15 heavy (non-hydrogen) atoms. The summed E-state index contributed by atoms with van der Waals surface area (Å²) in [6.45, 7) is 5.00. The summed E-state index contributed by atoms with van der Waals surface area (Å²) in [5.41, 5.74) is 7.05. The van der Waals surface area contributed by atoms with E-state index in [4.69, 9.17) is 5.73 Å². The average Bonchev–Trinajstić information content (AvgIpc) is 2.31. The predicted octanol–water partition coefficient (Wildman–Crippen LogP) is 0.419. The summed E-state index contributed by atoms with van der Waals surface area (Å²) >= 11 is 0. The number of piperazine rings is 1. The zero-order chi connectivity index (χ0) is 10.5. The highest BCUT2D eigenvalue weighted by molar-refractivity contribution is 5.14. The first-order valence-electron chi connectivity index (χ1n) is 5.58. The van der Waals surface area contributed by atoms with Crippen molar-refractivity contribution in [2.75, 3.05) is 26.2 Å². The summed E-state index contributed by atoms with van der Waals surface area (Å²) < 4.78 is 0. The van der Waals surface area contributed by atoms with Crippen LogP contribution in [0.1, 0.15) is 5.56 Å². The Morgan fingerprint density at radius 3 is 2.87 bits per heavy atom. The molecule has 1 saturated heterocycles. The first-order valence-corrected chi connectivity index (χ1v) is 5.58. The SMILES string of the molecule is NCC1CN(Cc2ccccc2)CCN1. The van der Waals surface area contributed by atoms with Crippen molar-refractivity contribution in [2.24, 2.45) is 5.73 Å². The number of hydrogen-bond donors (Lipinski definition) is 2. The van der Waals surface area contributed by atoms with Crippen molar-refractivity contribution >= 4 is 0 Å². The topological polar surface area (TPSA) is 41.3 Å². The first-order chi connectivity index (χ1) is 7.38. The molecule has 1 heterocycles. The van der Waals surface area contributed by atoms with Crippen LogP contribution in [0.15, 0.2) is 30.3 Å². The van der Waals surface area contributed by atoms with E-state index >= 15 is 0 Å². The van der Waals surface area contributed by atoms with Gasteiger partial charge in [-0.3, -0.25) is 4.90 Å². The van der Waals surface area contributed by atoms with Crippen LogP contribution in [0.25, 0.3) is 0 Å². The van der Waals surface area contributed by atoms with Gasteiger partial charge in [-0.1, -0.05) is 30.3 Å². The maximum absolute atomic E-state index is 5.67. The van der Waals surface area contributed by atoms with E-state index in [-0.39, 0.29) is 0 Å². The Hall–Kier alpha value is -0.900. The number of nitrogens with zero attached hydrogens (tertiary/aromatic N) is 1. The highest BCUT2D eigenvalue weighted by Crippen LogP contribution is 2.06. The van der Waals surface area contributed by atoms with Crippen molar-refractivity contribution in [2.45, 2.75) is 12.6 Å². The summed E-state index contributed by atoms with van der Waals surface area (Å²) in [6, 6.07) is 11.1. The Bertz CT molecular complexity index is 286. The Morgan fingerprint density at radius 2 is 2.13 bits per heavy atom. The maximum Gasteiger partial charge on any atom is 0.0318 e. The van der Waals surface area contributed by atoms with Gasteiger partial charge in [0, 0.05) is 38.8 Å². The van der Waals surface area contributed by atoms with Crippen LogP contribution >= 0.6 is 0 Å². The maximum atomic E-state index is 5.67. The molecule has 2 rings (SSSR count). The summed E-state index contributed by atoms with van der Waals surface area (Å²) in [6.07, 6.45) is 0. The molecule has 0 bridgehead atoms. The third kappa shape index (κ3) is 3.02. The second-order valence-electron chi connectivity index (χ2n) is 4.11. The lowest BCUT2D eigenvalue weighted by Crippen LogP contribution is -2.53. The highest BCUT2D eigenvalue weighted by atomic mass is 15.2. The van der Waals surface area contributed by atoms with Crippen molar-refractivity contribution in [1.82, 2.24) is 10.2 Å². The minimum absolute atomic E-state index is 0.461. The van der Waals surface area contributed by atoms with Gasteiger partial charge >= 0.3 is 0 Å². The van der Waals surface area contributed by atoms with Gasteiger partial charge in [0.2, 0.25) is 0 Å². The van der Waals surface area contributed by atoms with E-state index < -0.39 is 0 Å². The molecular formula is C12H19N3. The smallest absolute Gasteiger partial charge is 0.0318 e. The fourth-order valence-electron chi connectivity index (χ4n) is 2.04. The Morgan fingerprint density at radius 1 is 1.33 bits per heavy atom. The zero-order valence-electron chi connectivity index (χ0n) is 9.02. The first kappa shape index (κ1) is 10.6. The molecule has 0 aromatic heterocycles. The summed E-state index contributed by atoms with van der Waals surface area (Å²) in [5.74, 6) is 0. The van der Waals surface area contributed by atoms with Crippen molar-refractivity contribution in [3.8, 4) is 0 Å². The predicted molar refractivity (Wildman–Crippen MR) is 62.6 cm³/mol. The molecule has 3 N–H and O–H groups in total. The van der Waals surface area contributed by atoms with Crippen LogP contribution in [0.3, 0.4) is 0 Å². The molecule has 0 spiro atoms. The van der Waals surface area contributed by atoms with Gasteiger partial charge in [-0.25, -0.2) is 0 Å². The third-order valence-corrected chi connectivity index (χ3v) is 2.87. The summed E-state index contributed by atoms with van der Waals surface area (Å²) in [4.78, 5) is 2.46. The molecule has 82 valence electrons. The van der Waals surface area contributed by atoms with E-state index in [0.717, 1.165) is 32.7 Å². The fourth-order valence-corrected chi connectivity index (χ4v) is 2.04. The minimum atomic E-state index is 0.461. The molecule has 0 radical (unpaired) electrons. The number of rotatable bonds is 3. The van der Waals surface area contributed by atoms with Gasteiger partial charge in [0.15, 0.2) is 0 Å². The molecule has 1 aromatic carbocycles. The molecule has 1 fully saturated rings. The molecule has 0 aliphatic carbocycles. The monoisotopic (exact) mass is 205 g/mol. The molecule has 1 atom stereocenters. The van der Waals surface area contributed by atoms with Gasteiger partial charge < -0.3 is 11.1 Å². The van der Waals surface area contributed by atoms with E-state index in [1.807, 2.05) is 0 Å². The molecule has 1 aliphatic rings. The van der Waals surface area contributed by atoms with Gasteiger partial charge in [-0.05, 0) is 5.56 Å². The molecule has 3 heteroatoms. The van der Waals surface area contributed by atoms with Gasteiger partial charge in [0.05, 0.1) is 0 Å². The van der Waals surface area contributed by atoms with E-state index in [1.54, 1.807) is 0 Å². The Labute approximate surface area is 91.3 Å². The molecular weight excluding hydrogens is 186 g/mol. The molecule has 1 unspecified atom stereocenters. The van der Waals surface area contributed by atoms with E-state index in [1.165, 1.54) is 5.56 Å². The molecule has 1 aliphatic heterocycles. The van der Waals surface area contributed by atoms with Gasteiger partial charge in [0.1, 0.15) is 0 Å². The lowest BCUT2D eigenvalue weighted by atomic mass is 10.1. The third-order valence-electron chi connectivity index (χ3n) is 2.87. The Balaban J connectivity index is 1.89. The van der Waals surface area contributed by atoms with Crippen LogP contribution < -0.4 is 11.1 Å². The number of benzene rings is 1. The van der Waals surface area contributed by atoms with Crippen LogP contribution in [0.2, 0.25) is 0 Å². The average molecular weight is 205 g/mol. The van der Waals surface area contributed by atoms with E-state index in [0.29, 0.717) is 6.04 Å². The van der Waals surface area contributed by atoms with Gasteiger partial charge in [-0.2, -0.15) is 0 Å². The second kappa shape index (κ2) is 5.26. The Kier molecular flexibility index (Phi) is 3.72. The van der Waals surface area contributed by atoms with Crippen molar-refractivity contribution in [1.29, 1.82) is 0 Å².